The Bertz CT molecular complexity index is 2500. The molecule has 0 bridgehead atoms. The molecule has 1 saturated heterocycles. The molecule has 5 atom stereocenters. The lowest BCUT2D eigenvalue weighted by molar-refractivity contribution is -0.192. The number of aromatic nitrogens is 5. The summed E-state index contributed by atoms with van der Waals surface area (Å²) in [7, 11) is 0. The first kappa shape index (κ1) is 45.0. The van der Waals surface area contributed by atoms with Crippen molar-refractivity contribution in [1.29, 1.82) is 0 Å². The number of amides is 3. The Labute approximate surface area is 364 Å². The van der Waals surface area contributed by atoms with Crippen molar-refractivity contribution < 1.29 is 47.4 Å². The van der Waals surface area contributed by atoms with Gasteiger partial charge in [-0.2, -0.15) is 23.1 Å². The molecule has 0 radical (unpaired) electrons. The number of benzene rings is 3. The molecule has 0 spiro atoms. The number of aliphatic hydroxyl groups is 2. The molecule has 1 saturated carbocycles. The number of anilines is 3. The highest BCUT2D eigenvalue weighted by Crippen LogP contribution is 2.36. The summed E-state index contributed by atoms with van der Waals surface area (Å²) in [4.78, 5) is 51.3. The molecule has 17 nitrogen and oxygen atoms in total. The van der Waals surface area contributed by atoms with Gasteiger partial charge in [0, 0.05) is 43.6 Å². The Hall–Kier alpha value is -7.06. The molecule has 2 fully saturated rings. The van der Waals surface area contributed by atoms with E-state index in [1.165, 1.54) is 0 Å². The van der Waals surface area contributed by atoms with Crippen molar-refractivity contribution in [2.45, 2.75) is 75.5 Å². The first-order chi connectivity index (χ1) is 30.7. The Morgan fingerprint density at radius 1 is 0.906 bits per heavy atom. The van der Waals surface area contributed by atoms with Crippen LogP contribution < -0.4 is 26.2 Å². The Morgan fingerprint density at radius 3 is 2.14 bits per heavy atom. The minimum atomic E-state index is -5.08. The van der Waals surface area contributed by atoms with Gasteiger partial charge in [-0.25, -0.2) is 14.6 Å². The smallest absolute Gasteiger partial charge is 0.475 e. The van der Waals surface area contributed by atoms with Gasteiger partial charge >= 0.3 is 18.2 Å². The molecule has 3 amide bonds. The molecule has 336 valence electrons. The fourth-order valence-electron chi connectivity index (χ4n) is 7.84. The van der Waals surface area contributed by atoms with Gasteiger partial charge in [0.15, 0.2) is 22.7 Å². The number of hydrogen-bond acceptors (Lipinski definition) is 12. The van der Waals surface area contributed by atoms with Gasteiger partial charge in [0.05, 0.1) is 18.4 Å². The summed E-state index contributed by atoms with van der Waals surface area (Å²) in [5, 5.41) is 45.9. The Morgan fingerprint density at radius 2 is 1.53 bits per heavy atom. The van der Waals surface area contributed by atoms with Crippen molar-refractivity contribution in [3.8, 4) is 11.3 Å². The molecule has 20 heteroatoms. The van der Waals surface area contributed by atoms with Gasteiger partial charge in [-0.1, -0.05) is 103 Å². The van der Waals surface area contributed by atoms with E-state index in [2.05, 4.69) is 50.7 Å². The fourth-order valence-corrected chi connectivity index (χ4v) is 7.84. The first-order valence-corrected chi connectivity index (χ1v) is 20.6. The van der Waals surface area contributed by atoms with Crippen molar-refractivity contribution in [2.24, 2.45) is 0 Å². The van der Waals surface area contributed by atoms with Crippen LogP contribution in [0.3, 0.4) is 0 Å². The Kier molecular flexibility index (Phi) is 13.7. The van der Waals surface area contributed by atoms with Crippen LogP contribution in [-0.2, 0) is 9.59 Å². The van der Waals surface area contributed by atoms with Gasteiger partial charge in [-0.15, -0.1) is 0 Å². The quantitative estimate of drug-likeness (QED) is 0.0791. The second kappa shape index (κ2) is 19.5. The highest BCUT2D eigenvalue weighted by molar-refractivity contribution is 5.94. The van der Waals surface area contributed by atoms with E-state index in [1.807, 2.05) is 71.6 Å². The van der Waals surface area contributed by atoms with E-state index in [0.717, 1.165) is 16.7 Å². The molecular formula is C44H47F3N10O7. The van der Waals surface area contributed by atoms with E-state index in [4.69, 9.17) is 29.4 Å². The molecule has 6 aromatic rings. The summed E-state index contributed by atoms with van der Waals surface area (Å²) < 4.78 is 39.1. The minimum absolute atomic E-state index is 0.00645. The van der Waals surface area contributed by atoms with Crippen molar-refractivity contribution >= 4 is 46.5 Å². The number of rotatable bonds is 12. The van der Waals surface area contributed by atoms with Crippen LogP contribution in [0, 0.1) is 6.92 Å². The van der Waals surface area contributed by atoms with E-state index < -0.39 is 36.4 Å². The van der Waals surface area contributed by atoms with E-state index >= 15 is 0 Å². The van der Waals surface area contributed by atoms with Gasteiger partial charge in [-0.05, 0) is 30.9 Å². The number of nitrogens with one attached hydrogen (secondary N) is 4. The van der Waals surface area contributed by atoms with Gasteiger partial charge in [0.2, 0.25) is 11.9 Å². The number of carboxylic acids is 1. The molecule has 3 aromatic carbocycles. The van der Waals surface area contributed by atoms with E-state index in [1.54, 1.807) is 24.7 Å². The average Bonchev–Trinajstić information content (AvgIpc) is 4.08. The van der Waals surface area contributed by atoms with Crippen LogP contribution in [0.4, 0.5) is 35.4 Å². The second-order valence-corrected chi connectivity index (χ2v) is 15.4. The maximum Gasteiger partial charge on any atom is 0.490 e. The summed E-state index contributed by atoms with van der Waals surface area (Å²) in [6, 6.07) is 28.2. The zero-order chi connectivity index (χ0) is 45.5. The molecule has 3 aromatic heterocycles. The van der Waals surface area contributed by atoms with Crippen molar-refractivity contribution in [2.75, 3.05) is 35.2 Å². The number of imidazole rings is 1. The highest BCUT2D eigenvalue weighted by atomic mass is 19.4. The van der Waals surface area contributed by atoms with Crippen molar-refractivity contribution in [1.82, 2.24) is 35.3 Å². The SMILES string of the molecule is CCC(=O)N[C@H]1C[C@@H](n2cnc3c(NCC(c4ccccc4)c4ccccc4)nc(N4CC[C@@H](NC(=O)Nc5c(C)noc5-c5ccccc5)C4)nc32)[C@H](O)[C@@H]1O.O=C(O)C(F)(F)F. The molecule has 1 aliphatic heterocycles. The largest absolute Gasteiger partial charge is 0.490 e. The van der Waals surface area contributed by atoms with Gasteiger partial charge in [0.25, 0.3) is 0 Å². The summed E-state index contributed by atoms with van der Waals surface area (Å²) in [6.07, 6.45) is -4.62. The average molecular weight is 885 g/mol. The van der Waals surface area contributed by atoms with Crippen LogP contribution >= 0.6 is 0 Å². The number of carbonyl (C=O) groups is 3. The lowest BCUT2D eigenvalue weighted by Crippen LogP contribution is -2.42. The maximum absolute atomic E-state index is 13.4. The molecular weight excluding hydrogens is 838 g/mol. The summed E-state index contributed by atoms with van der Waals surface area (Å²) in [6.45, 7) is 5.03. The van der Waals surface area contributed by atoms with Crippen LogP contribution in [-0.4, -0.2) is 108 Å². The number of nitrogens with zero attached hydrogens (tertiary/aromatic N) is 6. The zero-order valence-electron chi connectivity index (χ0n) is 34.7. The number of aryl methyl sites for hydroxylation is 1. The Balaban J connectivity index is 0.000000809. The lowest BCUT2D eigenvalue weighted by Gasteiger charge is -2.22. The molecule has 1 aliphatic carbocycles. The number of carbonyl (C=O) groups excluding carboxylic acids is 2. The monoisotopic (exact) mass is 884 g/mol. The maximum atomic E-state index is 13.4. The molecule has 4 heterocycles. The molecule has 0 unspecified atom stereocenters. The predicted octanol–water partition coefficient (Wildman–Crippen LogP) is 5.63. The second-order valence-electron chi connectivity index (χ2n) is 15.4. The summed E-state index contributed by atoms with van der Waals surface area (Å²) in [5.74, 6) is -1.54. The predicted molar refractivity (Wildman–Crippen MR) is 230 cm³/mol. The number of aliphatic hydroxyl groups excluding tert-OH is 2. The highest BCUT2D eigenvalue weighted by Gasteiger charge is 2.44. The molecule has 7 N–H and O–H groups in total. The summed E-state index contributed by atoms with van der Waals surface area (Å²) in [5.41, 5.74) is 5.13. The lowest BCUT2D eigenvalue weighted by atomic mass is 9.91. The van der Waals surface area contributed by atoms with Crippen molar-refractivity contribution in [3.05, 3.63) is 114 Å². The van der Waals surface area contributed by atoms with Crippen LogP contribution in [0.5, 0.6) is 0 Å². The van der Waals surface area contributed by atoms with E-state index in [-0.39, 0.29) is 36.7 Å². The first-order valence-electron chi connectivity index (χ1n) is 20.6. The van der Waals surface area contributed by atoms with Gasteiger partial charge in [0.1, 0.15) is 23.6 Å². The zero-order valence-corrected chi connectivity index (χ0v) is 34.7. The van der Waals surface area contributed by atoms with Gasteiger partial charge in [-0.3, -0.25) is 4.79 Å². The fraction of sp³-hybridized carbons (Fsp3) is 0.341. The van der Waals surface area contributed by atoms with Crippen LogP contribution in [0.1, 0.15) is 55.0 Å². The number of alkyl halides is 3. The standard InChI is InChI=1S/C42H46N10O5.C2HF3O2/c1-3-33(53)46-31-21-32(37(55)36(31)54)52-24-44-35-39(43-22-30(26-13-7-4-8-14-26)27-15-9-5-10-16-27)48-41(49-40(35)52)51-20-19-29(23-51)45-42(56)47-34-25(2)50-57-38(34)28-17-11-6-12-18-28;3-2(4,5)1(6)7/h4-18,24,29-32,36-37,54-55H,3,19-23H2,1-2H3,(H,46,53)(H,43,48,49)(H2,45,47,56);(H,6,7)/t29-,31+,32-,36-,37+;/m1./s1. The number of carboxylic acid groups (broad SMARTS) is 1. The number of urea groups is 1. The van der Waals surface area contributed by atoms with Crippen LogP contribution in [0.15, 0.2) is 102 Å². The number of aliphatic carboxylic acids is 1. The number of hydrogen-bond donors (Lipinski definition) is 7. The third-order valence-electron chi connectivity index (χ3n) is 11.1. The molecule has 8 rings (SSSR count). The minimum Gasteiger partial charge on any atom is -0.475 e. The number of halogens is 3. The topological polar surface area (TPSA) is 233 Å². The van der Waals surface area contributed by atoms with Crippen molar-refractivity contribution in [3.63, 3.8) is 0 Å². The van der Waals surface area contributed by atoms with Crippen LogP contribution in [0.2, 0.25) is 0 Å². The molecule has 2 aliphatic rings. The number of fused-ring (bicyclic) bond motifs is 1. The molecule has 64 heavy (non-hydrogen) atoms. The van der Waals surface area contributed by atoms with Crippen LogP contribution in [0.25, 0.3) is 22.5 Å². The van der Waals surface area contributed by atoms with E-state index in [9.17, 15) is 33.0 Å². The van der Waals surface area contributed by atoms with Gasteiger partial charge < -0.3 is 50.6 Å². The third kappa shape index (κ3) is 10.2. The van der Waals surface area contributed by atoms with E-state index in [0.29, 0.717) is 66.1 Å². The summed E-state index contributed by atoms with van der Waals surface area (Å²) >= 11 is 0. The normalized spacial score (nSPS) is 19.6. The third-order valence-corrected chi connectivity index (χ3v) is 11.1.